The van der Waals surface area contributed by atoms with Crippen molar-refractivity contribution in [3.05, 3.63) is 35.1 Å². The summed E-state index contributed by atoms with van der Waals surface area (Å²) in [5.41, 5.74) is 2.52. The molecule has 126 valence electrons. The van der Waals surface area contributed by atoms with Crippen LogP contribution in [0.3, 0.4) is 0 Å². The smallest absolute Gasteiger partial charge is 0.123 e. The first-order valence-electron chi connectivity index (χ1n) is 8.95. The lowest BCUT2D eigenvalue weighted by atomic mass is 9.73. The molecule has 1 aliphatic carbocycles. The van der Waals surface area contributed by atoms with Gasteiger partial charge in [-0.1, -0.05) is 6.07 Å². The molecule has 2 fully saturated rings. The van der Waals surface area contributed by atoms with Gasteiger partial charge in [0.2, 0.25) is 0 Å². The molecule has 3 nitrogen and oxygen atoms in total. The first-order valence-corrected chi connectivity index (χ1v) is 8.95. The van der Waals surface area contributed by atoms with E-state index in [1.54, 1.807) is 12.1 Å². The van der Waals surface area contributed by atoms with Crippen molar-refractivity contribution < 1.29 is 13.9 Å². The zero-order valence-electron chi connectivity index (χ0n) is 13.9. The van der Waals surface area contributed by atoms with Crippen LogP contribution in [0.2, 0.25) is 0 Å². The van der Waals surface area contributed by atoms with Gasteiger partial charge in [0.05, 0.1) is 12.7 Å². The topological polar surface area (TPSA) is 21.7 Å². The van der Waals surface area contributed by atoms with Crippen LogP contribution in [0, 0.1) is 5.82 Å². The lowest BCUT2D eigenvalue weighted by Gasteiger charge is -2.42. The van der Waals surface area contributed by atoms with E-state index in [2.05, 4.69) is 4.90 Å². The Balaban J connectivity index is 1.56. The zero-order valence-corrected chi connectivity index (χ0v) is 13.9. The number of ether oxygens (including phenoxy) is 2. The van der Waals surface area contributed by atoms with Gasteiger partial charge in [-0.15, -0.1) is 0 Å². The van der Waals surface area contributed by atoms with E-state index in [0.29, 0.717) is 12.6 Å². The fraction of sp³-hybridized carbons (Fsp3) is 0.684. The standard InChI is InChI=1S/C19H26FNO2/c1-2-23-18-12-19(17-11-14(20)3-4-16(17)18)6-8-21(9-7-19)15-5-10-22-13-15/h3-4,11,15,18H,2,5-10,12-13H2,1H3/t15-,18+/m0/s1. The fourth-order valence-electron chi connectivity index (χ4n) is 4.79. The van der Waals surface area contributed by atoms with E-state index in [1.165, 1.54) is 11.1 Å². The molecule has 0 radical (unpaired) electrons. The molecule has 1 spiro atoms. The van der Waals surface area contributed by atoms with E-state index in [9.17, 15) is 4.39 Å². The van der Waals surface area contributed by atoms with Gasteiger partial charge in [0, 0.05) is 24.7 Å². The molecule has 1 aromatic carbocycles. The third-order valence-corrected chi connectivity index (χ3v) is 6.05. The lowest BCUT2D eigenvalue weighted by Crippen LogP contribution is -2.46. The summed E-state index contributed by atoms with van der Waals surface area (Å²) >= 11 is 0. The van der Waals surface area contributed by atoms with Crippen LogP contribution >= 0.6 is 0 Å². The molecular weight excluding hydrogens is 293 g/mol. The molecule has 0 saturated carbocycles. The Morgan fingerprint density at radius 1 is 1.35 bits per heavy atom. The highest BCUT2D eigenvalue weighted by atomic mass is 19.1. The normalized spacial score (nSPS) is 30.0. The summed E-state index contributed by atoms with van der Waals surface area (Å²) in [4.78, 5) is 2.57. The fourth-order valence-corrected chi connectivity index (χ4v) is 4.79. The number of piperidine rings is 1. The highest BCUT2D eigenvalue weighted by molar-refractivity contribution is 5.42. The van der Waals surface area contributed by atoms with Gasteiger partial charge >= 0.3 is 0 Å². The highest BCUT2D eigenvalue weighted by Gasteiger charge is 2.46. The number of fused-ring (bicyclic) bond motifs is 2. The van der Waals surface area contributed by atoms with E-state index >= 15 is 0 Å². The Bertz CT molecular complexity index is 562. The highest BCUT2D eigenvalue weighted by Crippen LogP contribution is 2.52. The second-order valence-electron chi connectivity index (χ2n) is 7.21. The first kappa shape index (κ1) is 15.6. The van der Waals surface area contributed by atoms with E-state index in [0.717, 1.165) is 52.0 Å². The molecule has 0 N–H and O–H groups in total. The average Bonchev–Trinajstić information content (AvgIpc) is 3.17. The Morgan fingerprint density at radius 2 is 2.17 bits per heavy atom. The van der Waals surface area contributed by atoms with Crippen molar-refractivity contribution in [1.82, 2.24) is 4.90 Å². The van der Waals surface area contributed by atoms with E-state index in [-0.39, 0.29) is 17.3 Å². The zero-order chi connectivity index (χ0) is 15.9. The maximum atomic E-state index is 13.9. The van der Waals surface area contributed by atoms with E-state index < -0.39 is 0 Å². The van der Waals surface area contributed by atoms with Crippen LogP contribution in [-0.2, 0) is 14.9 Å². The van der Waals surface area contributed by atoms with Gasteiger partial charge in [0.25, 0.3) is 0 Å². The Labute approximate surface area is 137 Å². The molecule has 0 bridgehead atoms. The Morgan fingerprint density at radius 3 is 2.87 bits per heavy atom. The van der Waals surface area contributed by atoms with Crippen molar-refractivity contribution >= 4 is 0 Å². The van der Waals surface area contributed by atoms with Gasteiger partial charge in [-0.25, -0.2) is 4.39 Å². The van der Waals surface area contributed by atoms with Gasteiger partial charge in [-0.3, -0.25) is 4.90 Å². The number of nitrogens with zero attached hydrogens (tertiary/aromatic N) is 1. The van der Waals surface area contributed by atoms with E-state index in [1.807, 2.05) is 13.0 Å². The number of hydrogen-bond acceptors (Lipinski definition) is 3. The van der Waals surface area contributed by atoms with Crippen LogP contribution < -0.4 is 0 Å². The number of likely N-dealkylation sites (tertiary alicyclic amines) is 1. The van der Waals surface area contributed by atoms with Gasteiger partial charge in [0.15, 0.2) is 0 Å². The SMILES string of the molecule is CCO[C@@H]1CC2(CCN([C@H]3CCOC3)CC2)c2cc(F)ccc21. The molecule has 2 atom stereocenters. The molecule has 0 aromatic heterocycles. The van der Waals surface area contributed by atoms with Gasteiger partial charge < -0.3 is 9.47 Å². The van der Waals surface area contributed by atoms with Crippen molar-refractivity contribution in [3.63, 3.8) is 0 Å². The minimum Gasteiger partial charge on any atom is -0.380 e. The molecule has 2 saturated heterocycles. The number of halogens is 1. The summed E-state index contributed by atoms with van der Waals surface area (Å²) in [5.74, 6) is -0.119. The summed E-state index contributed by atoms with van der Waals surface area (Å²) in [6.07, 6.45) is 4.50. The molecule has 1 aromatic rings. The molecule has 0 unspecified atom stereocenters. The Hall–Kier alpha value is -0.970. The predicted octanol–water partition coefficient (Wildman–Crippen LogP) is 3.43. The molecular formula is C19H26FNO2. The van der Waals surface area contributed by atoms with E-state index in [4.69, 9.17) is 9.47 Å². The third kappa shape index (κ3) is 2.71. The van der Waals surface area contributed by atoms with Crippen molar-refractivity contribution in [3.8, 4) is 0 Å². The molecule has 4 heteroatoms. The van der Waals surface area contributed by atoms with Crippen molar-refractivity contribution in [2.24, 2.45) is 0 Å². The summed E-state index contributed by atoms with van der Waals surface area (Å²) in [6, 6.07) is 5.87. The summed E-state index contributed by atoms with van der Waals surface area (Å²) in [7, 11) is 0. The van der Waals surface area contributed by atoms with Crippen LogP contribution in [0.25, 0.3) is 0 Å². The maximum Gasteiger partial charge on any atom is 0.123 e. The molecule has 2 heterocycles. The molecule has 2 aliphatic heterocycles. The monoisotopic (exact) mass is 319 g/mol. The molecule has 3 aliphatic rings. The van der Waals surface area contributed by atoms with Crippen molar-refractivity contribution in [2.75, 3.05) is 32.9 Å². The number of benzene rings is 1. The van der Waals surface area contributed by atoms with Gasteiger partial charge in [0.1, 0.15) is 5.82 Å². The van der Waals surface area contributed by atoms with Gasteiger partial charge in [-0.2, -0.15) is 0 Å². The van der Waals surface area contributed by atoms with Crippen LogP contribution in [0.15, 0.2) is 18.2 Å². The maximum absolute atomic E-state index is 13.9. The first-order chi connectivity index (χ1) is 11.2. The second kappa shape index (κ2) is 6.15. The molecule has 23 heavy (non-hydrogen) atoms. The third-order valence-electron chi connectivity index (χ3n) is 6.05. The van der Waals surface area contributed by atoms with Crippen LogP contribution in [0.4, 0.5) is 4.39 Å². The quantitative estimate of drug-likeness (QED) is 0.852. The molecule has 0 amide bonds. The summed E-state index contributed by atoms with van der Waals surface area (Å²) < 4.78 is 25.4. The molecule has 4 rings (SSSR count). The van der Waals surface area contributed by atoms with Crippen LogP contribution in [-0.4, -0.2) is 43.9 Å². The van der Waals surface area contributed by atoms with Crippen molar-refractivity contribution in [2.45, 2.75) is 50.2 Å². The lowest BCUT2D eigenvalue weighted by molar-refractivity contribution is 0.0345. The largest absolute Gasteiger partial charge is 0.380 e. The van der Waals surface area contributed by atoms with Crippen LogP contribution in [0.1, 0.15) is 49.8 Å². The summed E-state index contributed by atoms with van der Waals surface area (Å²) in [5, 5.41) is 0. The number of rotatable bonds is 3. The average molecular weight is 319 g/mol. The second-order valence-corrected chi connectivity index (χ2v) is 7.21. The summed E-state index contributed by atoms with van der Waals surface area (Å²) in [6.45, 7) is 6.69. The minimum atomic E-state index is -0.119. The van der Waals surface area contributed by atoms with Gasteiger partial charge in [-0.05, 0) is 69.0 Å². The van der Waals surface area contributed by atoms with Crippen LogP contribution in [0.5, 0.6) is 0 Å². The minimum absolute atomic E-state index is 0.104. The Kier molecular flexibility index (Phi) is 4.16. The number of hydrogen-bond donors (Lipinski definition) is 0. The van der Waals surface area contributed by atoms with Crippen molar-refractivity contribution in [1.29, 1.82) is 0 Å². The predicted molar refractivity (Wildman–Crippen MR) is 87.1 cm³/mol.